The number of hydrogen-bond donors (Lipinski definition) is 3. The number of anilines is 3. The molecule has 206 valence electrons. The lowest BCUT2D eigenvalue weighted by Gasteiger charge is -2.13. The third-order valence-corrected chi connectivity index (χ3v) is 6.37. The minimum absolute atomic E-state index is 0.110. The highest BCUT2D eigenvalue weighted by atomic mass is 35.5. The van der Waals surface area contributed by atoms with Crippen LogP contribution in [0.3, 0.4) is 0 Å². The van der Waals surface area contributed by atoms with E-state index >= 15 is 0 Å². The van der Waals surface area contributed by atoms with Gasteiger partial charge in [0.2, 0.25) is 5.91 Å². The number of nitrogens with one attached hydrogen (secondary N) is 3. The molecule has 0 aliphatic heterocycles. The molecule has 5 aromatic rings. The normalized spacial score (nSPS) is 10.7. The summed E-state index contributed by atoms with van der Waals surface area (Å²) in [7, 11) is 0. The number of aromatic nitrogens is 2. The smallest absolute Gasteiger partial charge is 0.251 e. The number of hydrogen-bond acceptors (Lipinski definition) is 6. The van der Waals surface area contributed by atoms with Gasteiger partial charge >= 0.3 is 0 Å². The molecule has 0 aliphatic carbocycles. The van der Waals surface area contributed by atoms with Crippen molar-refractivity contribution in [2.45, 2.75) is 13.0 Å². The van der Waals surface area contributed by atoms with Crippen molar-refractivity contribution >= 4 is 51.5 Å². The van der Waals surface area contributed by atoms with Gasteiger partial charge in [0.05, 0.1) is 10.5 Å². The van der Waals surface area contributed by atoms with Gasteiger partial charge in [0.1, 0.15) is 30.3 Å². The first-order chi connectivity index (χ1) is 19.9. The van der Waals surface area contributed by atoms with Gasteiger partial charge in [0.15, 0.2) is 0 Å². The van der Waals surface area contributed by atoms with Crippen molar-refractivity contribution < 1.29 is 18.7 Å². The van der Waals surface area contributed by atoms with Crippen LogP contribution in [0.4, 0.5) is 21.6 Å². The molecule has 4 aromatic carbocycles. The standard InChI is InChI=1S/C31H25ClFN5O3/c32-26-17-24(10-12-28(26)41-18-20-5-4-8-22(33)15-20)38-30-25-16-23(9-11-27(25)35-19-36-30)37-29(39)13-14-34-31(40)21-6-2-1-3-7-21/h1-12,15-17,19H,13-14,18H2,(H,34,40)(H,37,39)(H,35,36,38). The summed E-state index contributed by atoms with van der Waals surface area (Å²) in [5, 5.41) is 9.89. The molecule has 41 heavy (non-hydrogen) atoms. The summed E-state index contributed by atoms with van der Waals surface area (Å²) in [5.74, 6) is 0.168. The summed E-state index contributed by atoms with van der Waals surface area (Å²) in [5.41, 5.74) is 3.13. The Hall–Kier alpha value is -5.02. The number of carbonyl (C=O) groups is 2. The summed E-state index contributed by atoms with van der Waals surface area (Å²) < 4.78 is 19.2. The zero-order valence-corrected chi connectivity index (χ0v) is 22.5. The van der Waals surface area contributed by atoms with Gasteiger partial charge in [-0.25, -0.2) is 14.4 Å². The number of ether oxygens (including phenoxy) is 1. The van der Waals surface area contributed by atoms with Crippen LogP contribution in [0.15, 0.2) is 97.3 Å². The van der Waals surface area contributed by atoms with Crippen LogP contribution in [0.25, 0.3) is 10.9 Å². The Morgan fingerprint density at radius 3 is 2.51 bits per heavy atom. The number of nitrogens with zero attached hydrogens (tertiary/aromatic N) is 2. The predicted octanol–water partition coefficient (Wildman–Crippen LogP) is 6.50. The minimum Gasteiger partial charge on any atom is -0.487 e. The van der Waals surface area contributed by atoms with Crippen LogP contribution in [-0.4, -0.2) is 28.3 Å². The van der Waals surface area contributed by atoms with E-state index in [1.54, 1.807) is 72.8 Å². The lowest BCUT2D eigenvalue weighted by Crippen LogP contribution is -2.27. The average Bonchev–Trinajstić information content (AvgIpc) is 2.97. The molecular formula is C31H25ClFN5O3. The molecule has 0 spiro atoms. The zero-order chi connectivity index (χ0) is 28.6. The summed E-state index contributed by atoms with van der Waals surface area (Å²) >= 11 is 6.44. The molecule has 2 amide bonds. The molecule has 1 aromatic heterocycles. The van der Waals surface area contributed by atoms with E-state index < -0.39 is 0 Å². The Balaban J connectivity index is 1.21. The highest BCUT2D eigenvalue weighted by molar-refractivity contribution is 6.32. The van der Waals surface area contributed by atoms with E-state index in [2.05, 4.69) is 25.9 Å². The molecule has 0 fully saturated rings. The van der Waals surface area contributed by atoms with E-state index in [9.17, 15) is 14.0 Å². The van der Waals surface area contributed by atoms with E-state index in [0.29, 0.717) is 50.0 Å². The Morgan fingerprint density at radius 1 is 0.878 bits per heavy atom. The summed E-state index contributed by atoms with van der Waals surface area (Å²) in [6.07, 6.45) is 1.55. The Kier molecular flexibility index (Phi) is 8.66. The third kappa shape index (κ3) is 7.34. The summed E-state index contributed by atoms with van der Waals surface area (Å²) in [6, 6.07) is 25.5. The number of carbonyl (C=O) groups excluding carboxylic acids is 2. The lowest BCUT2D eigenvalue weighted by atomic mass is 10.2. The molecule has 0 radical (unpaired) electrons. The van der Waals surface area contributed by atoms with Crippen LogP contribution in [0.2, 0.25) is 5.02 Å². The largest absolute Gasteiger partial charge is 0.487 e. The quantitative estimate of drug-likeness (QED) is 0.177. The average molecular weight is 570 g/mol. The predicted molar refractivity (Wildman–Crippen MR) is 157 cm³/mol. The molecule has 3 N–H and O–H groups in total. The lowest BCUT2D eigenvalue weighted by molar-refractivity contribution is -0.116. The number of benzene rings is 4. The van der Waals surface area contributed by atoms with Gasteiger partial charge in [-0.2, -0.15) is 0 Å². The van der Waals surface area contributed by atoms with Gasteiger partial charge in [-0.3, -0.25) is 9.59 Å². The van der Waals surface area contributed by atoms with Gasteiger partial charge in [-0.15, -0.1) is 0 Å². The molecule has 0 saturated heterocycles. The number of rotatable bonds is 10. The minimum atomic E-state index is -0.330. The third-order valence-electron chi connectivity index (χ3n) is 6.07. The van der Waals surface area contributed by atoms with E-state index in [0.717, 1.165) is 0 Å². The molecule has 0 atom stereocenters. The monoisotopic (exact) mass is 569 g/mol. The molecule has 0 unspecified atom stereocenters. The molecule has 0 aliphatic rings. The van der Waals surface area contributed by atoms with E-state index in [4.69, 9.17) is 16.3 Å². The van der Waals surface area contributed by atoms with Crippen molar-refractivity contribution in [3.8, 4) is 5.75 Å². The van der Waals surface area contributed by atoms with Crippen molar-refractivity contribution in [2.75, 3.05) is 17.2 Å². The maximum atomic E-state index is 13.4. The van der Waals surface area contributed by atoms with Crippen molar-refractivity contribution in [3.05, 3.63) is 119 Å². The topological polar surface area (TPSA) is 105 Å². The fourth-order valence-corrected chi connectivity index (χ4v) is 4.29. The van der Waals surface area contributed by atoms with Crippen molar-refractivity contribution in [1.29, 1.82) is 0 Å². The Bertz CT molecular complexity index is 1700. The second-order valence-electron chi connectivity index (χ2n) is 9.06. The van der Waals surface area contributed by atoms with Crippen LogP contribution in [0.1, 0.15) is 22.3 Å². The molecule has 0 bridgehead atoms. The highest BCUT2D eigenvalue weighted by Crippen LogP contribution is 2.31. The second-order valence-corrected chi connectivity index (χ2v) is 9.47. The molecule has 10 heteroatoms. The SMILES string of the molecule is O=C(CCNC(=O)c1ccccc1)Nc1ccc2ncnc(Nc3ccc(OCc4cccc(F)c4)c(Cl)c3)c2c1. The zero-order valence-electron chi connectivity index (χ0n) is 21.7. The molecular weight excluding hydrogens is 545 g/mol. The maximum Gasteiger partial charge on any atom is 0.251 e. The van der Waals surface area contributed by atoms with E-state index in [1.165, 1.54) is 18.5 Å². The number of fused-ring (bicyclic) bond motifs is 1. The first-order valence-corrected chi connectivity index (χ1v) is 13.1. The summed E-state index contributed by atoms with van der Waals surface area (Å²) in [4.78, 5) is 33.4. The summed E-state index contributed by atoms with van der Waals surface area (Å²) in [6.45, 7) is 0.375. The van der Waals surface area contributed by atoms with Gasteiger partial charge in [-0.1, -0.05) is 41.9 Å². The fourth-order valence-electron chi connectivity index (χ4n) is 4.06. The van der Waals surface area contributed by atoms with Crippen LogP contribution >= 0.6 is 11.6 Å². The molecule has 0 saturated carbocycles. The maximum absolute atomic E-state index is 13.4. The Labute approximate surface area is 240 Å². The van der Waals surface area contributed by atoms with Gasteiger partial charge in [0.25, 0.3) is 5.91 Å². The first-order valence-electron chi connectivity index (χ1n) is 12.8. The van der Waals surface area contributed by atoms with E-state index in [-0.39, 0.29) is 37.2 Å². The van der Waals surface area contributed by atoms with Gasteiger partial charge < -0.3 is 20.7 Å². The molecule has 5 rings (SSSR count). The van der Waals surface area contributed by atoms with Crippen molar-refractivity contribution in [1.82, 2.24) is 15.3 Å². The van der Waals surface area contributed by atoms with Crippen LogP contribution in [-0.2, 0) is 11.4 Å². The van der Waals surface area contributed by atoms with E-state index in [1.807, 2.05) is 6.07 Å². The highest BCUT2D eigenvalue weighted by Gasteiger charge is 2.11. The number of amides is 2. The van der Waals surface area contributed by atoms with Gasteiger partial charge in [-0.05, 0) is 66.2 Å². The number of halogens is 2. The van der Waals surface area contributed by atoms with Crippen molar-refractivity contribution in [2.24, 2.45) is 0 Å². The second kappa shape index (κ2) is 12.9. The molecule has 8 nitrogen and oxygen atoms in total. The Morgan fingerprint density at radius 2 is 1.71 bits per heavy atom. The molecule has 1 heterocycles. The first kappa shape index (κ1) is 27.5. The van der Waals surface area contributed by atoms with Crippen molar-refractivity contribution in [3.63, 3.8) is 0 Å². The fraction of sp³-hybridized carbons (Fsp3) is 0.0968. The van der Waals surface area contributed by atoms with Crippen LogP contribution < -0.4 is 20.7 Å². The van der Waals surface area contributed by atoms with Crippen LogP contribution in [0.5, 0.6) is 5.75 Å². The van der Waals surface area contributed by atoms with Crippen LogP contribution in [0, 0.1) is 5.82 Å². The van der Waals surface area contributed by atoms with Gasteiger partial charge in [0, 0.05) is 35.3 Å².